The maximum absolute atomic E-state index is 13.5. The van der Waals surface area contributed by atoms with Gasteiger partial charge < -0.3 is 16.4 Å². The van der Waals surface area contributed by atoms with E-state index >= 15 is 0 Å². The number of rotatable bonds is 6. The third kappa shape index (κ3) is 4.77. The van der Waals surface area contributed by atoms with Crippen LogP contribution in [0.1, 0.15) is 26.7 Å². The van der Waals surface area contributed by atoms with E-state index in [-0.39, 0.29) is 6.17 Å². The van der Waals surface area contributed by atoms with Crippen molar-refractivity contribution >= 4 is 0 Å². The number of halogens is 1. The van der Waals surface area contributed by atoms with Crippen LogP contribution < -0.4 is 16.4 Å². The Bertz CT molecular complexity index is 271. The fraction of sp³-hybridized carbons (Fsp3) is 0.667. The number of hydrogen-bond acceptors (Lipinski definition) is 3. The van der Waals surface area contributed by atoms with Crippen LogP contribution >= 0.6 is 0 Å². The zero-order chi connectivity index (χ0) is 12.0. The van der Waals surface area contributed by atoms with E-state index in [0.717, 1.165) is 12.1 Å². The second kappa shape index (κ2) is 6.01. The van der Waals surface area contributed by atoms with Crippen LogP contribution in [0, 0.1) is 0 Å². The van der Waals surface area contributed by atoms with Crippen molar-refractivity contribution in [1.82, 2.24) is 10.6 Å². The summed E-state index contributed by atoms with van der Waals surface area (Å²) in [6.45, 7) is 4.95. The molecule has 1 heterocycles. The maximum atomic E-state index is 13.5. The van der Waals surface area contributed by atoms with Crippen LogP contribution in [0.25, 0.3) is 0 Å². The molecule has 92 valence electrons. The van der Waals surface area contributed by atoms with Crippen molar-refractivity contribution in [3.05, 3.63) is 23.9 Å². The Balaban J connectivity index is 2.19. The van der Waals surface area contributed by atoms with Crippen LogP contribution in [-0.4, -0.2) is 24.9 Å². The lowest BCUT2D eigenvalue weighted by molar-refractivity contribution is 0.168. The molecule has 0 saturated carbocycles. The molecule has 4 N–H and O–H groups in total. The summed E-state index contributed by atoms with van der Waals surface area (Å²) in [5.41, 5.74) is 5.78. The molecule has 0 aromatic heterocycles. The predicted molar refractivity (Wildman–Crippen MR) is 65.6 cm³/mol. The van der Waals surface area contributed by atoms with Gasteiger partial charge >= 0.3 is 0 Å². The standard InChI is InChI=1S/C12H22FN3/c1-3-12(2,13)5-7-15-9-10-4-6-16-11(14)8-10/h4,6,8,11,15-16H,3,5,7,9,14H2,1-2H3. The van der Waals surface area contributed by atoms with Gasteiger partial charge in [-0.1, -0.05) is 6.92 Å². The summed E-state index contributed by atoms with van der Waals surface area (Å²) in [5.74, 6) is 0. The molecule has 0 aromatic rings. The minimum absolute atomic E-state index is 0.108. The molecule has 0 aliphatic carbocycles. The van der Waals surface area contributed by atoms with E-state index in [0.29, 0.717) is 19.4 Å². The van der Waals surface area contributed by atoms with E-state index in [1.54, 1.807) is 6.92 Å². The van der Waals surface area contributed by atoms with Gasteiger partial charge in [-0.2, -0.15) is 0 Å². The Kier molecular flexibility index (Phi) is 4.96. The lowest BCUT2D eigenvalue weighted by Gasteiger charge is -2.19. The zero-order valence-electron chi connectivity index (χ0n) is 10.1. The molecule has 0 spiro atoms. The number of dihydropyridines is 1. The Labute approximate surface area is 97.0 Å². The van der Waals surface area contributed by atoms with Crippen molar-refractivity contribution in [2.75, 3.05) is 13.1 Å². The topological polar surface area (TPSA) is 50.1 Å². The first-order valence-corrected chi connectivity index (χ1v) is 5.82. The van der Waals surface area contributed by atoms with E-state index in [2.05, 4.69) is 10.6 Å². The first-order valence-electron chi connectivity index (χ1n) is 5.82. The minimum Gasteiger partial charge on any atom is -0.373 e. The molecule has 0 fully saturated rings. The summed E-state index contributed by atoms with van der Waals surface area (Å²) in [6, 6.07) is 0. The van der Waals surface area contributed by atoms with Crippen LogP contribution in [0.4, 0.5) is 4.39 Å². The van der Waals surface area contributed by atoms with Gasteiger partial charge in [0.2, 0.25) is 0 Å². The SMILES string of the molecule is CCC(C)(F)CCNCC1=CC(N)NC=C1. The second-order valence-corrected chi connectivity index (χ2v) is 4.46. The van der Waals surface area contributed by atoms with Crippen molar-refractivity contribution in [2.45, 2.75) is 38.5 Å². The molecule has 2 atom stereocenters. The average Bonchev–Trinajstić information content (AvgIpc) is 2.25. The van der Waals surface area contributed by atoms with Crippen LogP contribution in [0.15, 0.2) is 23.9 Å². The van der Waals surface area contributed by atoms with Gasteiger partial charge in [0.15, 0.2) is 0 Å². The first-order chi connectivity index (χ1) is 7.53. The van der Waals surface area contributed by atoms with Crippen LogP contribution in [0.3, 0.4) is 0 Å². The average molecular weight is 227 g/mol. The Morgan fingerprint density at radius 1 is 1.62 bits per heavy atom. The molecule has 1 rings (SSSR count). The van der Waals surface area contributed by atoms with Gasteiger partial charge in [-0.25, -0.2) is 4.39 Å². The molecule has 16 heavy (non-hydrogen) atoms. The minimum atomic E-state index is -1.05. The van der Waals surface area contributed by atoms with Gasteiger partial charge in [0.25, 0.3) is 0 Å². The van der Waals surface area contributed by atoms with Gasteiger partial charge in [0, 0.05) is 6.54 Å². The highest BCUT2D eigenvalue weighted by atomic mass is 19.1. The van der Waals surface area contributed by atoms with Gasteiger partial charge in [-0.3, -0.25) is 0 Å². The lowest BCUT2D eigenvalue weighted by Crippen LogP contribution is -2.35. The largest absolute Gasteiger partial charge is 0.373 e. The van der Waals surface area contributed by atoms with E-state index in [1.165, 1.54) is 0 Å². The van der Waals surface area contributed by atoms with Gasteiger partial charge in [-0.05, 0) is 50.2 Å². The number of nitrogens with two attached hydrogens (primary N) is 1. The maximum Gasteiger partial charge on any atom is 0.109 e. The molecule has 3 nitrogen and oxygen atoms in total. The normalized spacial score (nSPS) is 23.5. The molecule has 4 heteroatoms. The third-order valence-electron chi connectivity index (χ3n) is 2.87. The number of alkyl halides is 1. The van der Waals surface area contributed by atoms with E-state index in [9.17, 15) is 4.39 Å². The summed E-state index contributed by atoms with van der Waals surface area (Å²) in [7, 11) is 0. The summed E-state index contributed by atoms with van der Waals surface area (Å²) >= 11 is 0. The molecule has 1 aliphatic heterocycles. The summed E-state index contributed by atoms with van der Waals surface area (Å²) < 4.78 is 13.5. The molecule has 0 saturated heterocycles. The Morgan fingerprint density at radius 3 is 3.00 bits per heavy atom. The van der Waals surface area contributed by atoms with Crippen molar-refractivity contribution in [3.8, 4) is 0 Å². The molecule has 0 amide bonds. The summed E-state index contributed by atoms with van der Waals surface area (Å²) in [4.78, 5) is 0. The number of hydrogen-bond donors (Lipinski definition) is 3. The van der Waals surface area contributed by atoms with Crippen molar-refractivity contribution < 1.29 is 4.39 Å². The van der Waals surface area contributed by atoms with Crippen molar-refractivity contribution in [1.29, 1.82) is 0 Å². The Hall–Kier alpha value is -0.870. The smallest absolute Gasteiger partial charge is 0.109 e. The molecule has 0 bridgehead atoms. The quantitative estimate of drug-likeness (QED) is 0.602. The van der Waals surface area contributed by atoms with Crippen LogP contribution in [0.2, 0.25) is 0 Å². The second-order valence-electron chi connectivity index (χ2n) is 4.46. The third-order valence-corrected chi connectivity index (χ3v) is 2.87. The summed E-state index contributed by atoms with van der Waals surface area (Å²) in [6.07, 6.45) is 6.78. The van der Waals surface area contributed by atoms with E-state index < -0.39 is 5.67 Å². The fourth-order valence-electron chi connectivity index (χ4n) is 1.48. The highest BCUT2D eigenvalue weighted by Crippen LogP contribution is 2.18. The van der Waals surface area contributed by atoms with E-state index in [1.807, 2.05) is 25.3 Å². The van der Waals surface area contributed by atoms with Crippen molar-refractivity contribution in [2.24, 2.45) is 5.73 Å². The lowest BCUT2D eigenvalue weighted by atomic mass is 10.0. The highest BCUT2D eigenvalue weighted by Gasteiger charge is 2.19. The predicted octanol–water partition coefficient (Wildman–Crippen LogP) is 1.43. The van der Waals surface area contributed by atoms with Gasteiger partial charge in [0.05, 0.1) is 6.17 Å². The van der Waals surface area contributed by atoms with Gasteiger partial charge in [-0.15, -0.1) is 0 Å². The van der Waals surface area contributed by atoms with Crippen LogP contribution in [-0.2, 0) is 0 Å². The highest BCUT2D eigenvalue weighted by molar-refractivity contribution is 5.25. The molecular formula is C12H22FN3. The van der Waals surface area contributed by atoms with Crippen molar-refractivity contribution in [3.63, 3.8) is 0 Å². The molecule has 0 aromatic carbocycles. The zero-order valence-corrected chi connectivity index (χ0v) is 10.1. The monoisotopic (exact) mass is 227 g/mol. The Morgan fingerprint density at radius 2 is 2.38 bits per heavy atom. The fourth-order valence-corrected chi connectivity index (χ4v) is 1.48. The first kappa shape index (κ1) is 13.2. The van der Waals surface area contributed by atoms with E-state index in [4.69, 9.17) is 5.73 Å². The molecule has 1 aliphatic rings. The van der Waals surface area contributed by atoms with Crippen LogP contribution in [0.5, 0.6) is 0 Å². The number of nitrogens with one attached hydrogen (secondary N) is 2. The van der Waals surface area contributed by atoms with Gasteiger partial charge in [0.1, 0.15) is 5.67 Å². The molecule has 0 radical (unpaired) electrons. The molecular weight excluding hydrogens is 205 g/mol. The molecule has 2 unspecified atom stereocenters. The summed E-state index contributed by atoms with van der Waals surface area (Å²) in [5, 5.41) is 6.19.